The van der Waals surface area contributed by atoms with Crippen molar-refractivity contribution >= 4 is 34.0 Å². The van der Waals surface area contributed by atoms with E-state index in [4.69, 9.17) is 0 Å². The summed E-state index contributed by atoms with van der Waals surface area (Å²) in [6.07, 6.45) is 4.72. The van der Waals surface area contributed by atoms with Gasteiger partial charge in [-0.3, -0.25) is 15.1 Å². The molecular weight excluding hydrogens is 274 g/mol. The van der Waals surface area contributed by atoms with Crippen molar-refractivity contribution in [1.29, 1.82) is 0 Å². The molecule has 5 nitrogen and oxygen atoms in total. The van der Waals surface area contributed by atoms with E-state index in [1.807, 2.05) is 0 Å². The van der Waals surface area contributed by atoms with Crippen molar-refractivity contribution in [3.05, 3.63) is 40.6 Å². The van der Waals surface area contributed by atoms with Crippen LogP contribution in [0.2, 0.25) is 0 Å². The summed E-state index contributed by atoms with van der Waals surface area (Å²) >= 11 is 1.78. The highest BCUT2D eigenvalue weighted by Gasteiger charge is 2.16. The number of anilines is 1. The van der Waals surface area contributed by atoms with Gasteiger partial charge in [0.1, 0.15) is 5.52 Å². The Morgan fingerprint density at radius 1 is 1.45 bits per heavy atom. The highest BCUT2D eigenvalue weighted by Crippen LogP contribution is 2.30. The minimum absolute atomic E-state index is 0.0940. The lowest BCUT2D eigenvalue weighted by molar-refractivity contribution is -0.383. The Kier molecular flexibility index (Phi) is 4.79. The van der Waals surface area contributed by atoms with E-state index in [-0.39, 0.29) is 10.6 Å². The minimum Gasteiger partial charge on any atom is -0.380 e. The van der Waals surface area contributed by atoms with Crippen LogP contribution < -0.4 is 5.32 Å². The first-order valence-electron chi connectivity index (χ1n) is 6.45. The van der Waals surface area contributed by atoms with E-state index in [0.29, 0.717) is 16.9 Å². The van der Waals surface area contributed by atoms with Gasteiger partial charge in [0.2, 0.25) is 0 Å². The van der Waals surface area contributed by atoms with Gasteiger partial charge in [-0.25, -0.2) is 0 Å². The molecule has 1 atom stereocenters. The smallest absolute Gasteiger partial charge is 0.278 e. The molecule has 0 amide bonds. The molecule has 1 aromatic heterocycles. The normalized spacial score (nSPS) is 12.3. The SMILES string of the molecule is CCC(CSC)Nc1ccc([N+](=O)[O-])c2cccnc12. The molecule has 0 saturated carbocycles. The Morgan fingerprint density at radius 3 is 2.90 bits per heavy atom. The van der Waals surface area contributed by atoms with Gasteiger partial charge >= 0.3 is 0 Å². The van der Waals surface area contributed by atoms with Crippen LogP contribution in [-0.2, 0) is 0 Å². The molecule has 1 heterocycles. The zero-order valence-electron chi connectivity index (χ0n) is 11.5. The molecule has 6 heteroatoms. The van der Waals surface area contributed by atoms with Crippen molar-refractivity contribution in [3.8, 4) is 0 Å². The van der Waals surface area contributed by atoms with Crippen LogP contribution in [0.4, 0.5) is 11.4 Å². The molecule has 2 rings (SSSR count). The van der Waals surface area contributed by atoms with E-state index >= 15 is 0 Å². The van der Waals surface area contributed by atoms with Crippen molar-refractivity contribution in [1.82, 2.24) is 4.98 Å². The molecule has 1 N–H and O–H groups in total. The average Bonchev–Trinajstić information content (AvgIpc) is 2.46. The molecular formula is C14H17N3O2S. The predicted octanol–water partition coefficient (Wildman–Crippen LogP) is 3.70. The van der Waals surface area contributed by atoms with Gasteiger partial charge in [-0.2, -0.15) is 11.8 Å². The van der Waals surface area contributed by atoms with Crippen LogP contribution in [0.1, 0.15) is 13.3 Å². The molecule has 1 unspecified atom stereocenters. The van der Waals surface area contributed by atoms with Crippen molar-refractivity contribution < 1.29 is 4.92 Å². The standard InChI is InChI=1S/C14H17N3O2S/c1-3-10(9-20-2)16-12-6-7-13(17(18)19)11-5-4-8-15-14(11)12/h4-8,10,16H,3,9H2,1-2H3. The third-order valence-corrected chi connectivity index (χ3v) is 3.90. The van der Waals surface area contributed by atoms with E-state index in [2.05, 4.69) is 23.5 Å². The topological polar surface area (TPSA) is 68.1 Å². The number of non-ortho nitro benzene ring substituents is 1. The molecule has 2 aromatic rings. The number of fused-ring (bicyclic) bond motifs is 1. The largest absolute Gasteiger partial charge is 0.380 e. The maximum Gasteiger partial charge on any atom is 0.278 e. The van der Waals surface area contributed by atoms with Crippen LogP contribution in [0, 0.1) is 10.1 Å². The predicted molar refractivity (Wildman–Crippen MR) is 84.5 cm³/mol. The second kappa shape index (κ2) is 6.56. The number of aromatic nitrogens is 1. The maximum atomic E-state index is 11.1. The van der Waals surface area contributed by atoms with E-state index < -0.39 is 0 Å². The molecule has 0 saturated heterocycles. The van der Waals surface area contributed by atoms with Gasteiger partial charge in [0.15, 0.2) is 0 Å². The van der Waals surface area contributed by atoms with Crippen LogP contribution in [0.15, 0.2) is 30.5 Å². The fourth-order valence-electron chi connectivity index (χ4n) is 2.12. The fourth-order valence-corrected chi connectivity index (χ4v) is 2.84. The number of hydrogen-bond acceptors (Lipinski definition) is 5. The number of nitrogens with one attached hydrogen (secondary N) is 1. The van der Waals surface area contributed by atoms with E-state index in [1.54, 1.807) is 36.2 Å². The van der Waals surface area contributed by atoms with Gasteiger partial charge in [0.25, 0.3) is 5.69 Å². The Bertz CT molecular complexity index is 618. The zero-order valence-corrected chi connectivity index (χ0v) is 12.3. The fraction of sp³-hybridized carbons (Fsp3) is 0.357. The molecule has 20 heavy (non-hydrogen) atoms. The summed E-state index contributed by atoms with van der Waals surface area (Å²) in [5, 5.41) is 15.1. The molecule has 0 spiro atoms. The number of nitro groups is 1. The van der Waals surface area contributed by atoms with Crippen LogP contribution in [0.5, 0.6) is 0 Å². The van der Waals surface area contributed by atoms with Gasteiger partial charge in [0, 0.05) is 24.1 Å². The summed E-state index contributed by atoms with van der Waals surface area (Å²) < 4.78 is 0. The van der Waals surface area contributed by atoms with Crippen LogP contribution in [0.3, 0.4) is 0 Å². The Balaban J connectivity index is 2.45. The molecule has 0 radical (unpaired) electrons. The van der Waals surface area contributed by atoms with Crippen LogP contribution >= 0.6 is 11.8 Å². The second-order valence-corrected chi connectivity index (χ2v) is 5.40. The minimum atomic E-state index is -0.368. The van der Waals surface area contributed by atoms with Gasteiger partial charge in [-0.1, -0.05) is 6.92 Å². The van der Waals surface area contributed by atoms with Crippen molar-refractivity contribution in [2.75, 3.05) is 17.3 Å². The number of rotatable bonds is 6. The Morgan fingerprint density at radius 2 is 2.25 bits per heavy atom. The number of hydrogen-bond donors (Lipinski definition) is 1. The Hall–Kier alpha value is -1.82. The van der Waals surface area contributed by atoms with Gasteiger partial charge in [0.05, 0.1) is 16.0 Å². The quantitative estimate of drug-likeness (QED) is 0.649. The van der Waals surface area contributed by atoms with Gasteiger partial charge < -0.3 is 5.32 Å². The summed E-state index contributed by atoms with van der Waals surface area (Å²) in [6, 6.07) is 7.07. The first kappa shape index (κ1) is 14.6. The van der Waals surface area contributed by atoms with E-state index in [0.717, 1.165) is 17.9 Å². The second-order valence-electron chi connectivity index (χ2n) is 4.49. The summed E-state index contributed by atoms with van der Waals surface area (Å²) in [6.45, 7) is 2.12. The molecule has 0 bridgehead atoms. The molecule has 1 aromatic carbocycles. The summed E-state index contributed by atoms with van der Waals surface area (Å²) in [4.78, 5) is 15.0. The summed E-state index contributed by atoms with van der Waals surface area (Å²) in [7, 11) is 0. The molecule has 0 aliphatic rings. The van der Waals surface area contributed by atoms with Crippen molar-refractivity contribution in [2.45, 2.75) is 19.4 Å². The number of nitrogens with zero attached hydrogens (tertiary/aromatic N) is 2. The monoisotopic (exact) mass is 291 g/mol. The average molecular weight is 291 g/mol. The molecule has 0 aliphatic heterocycles. The lowest BCUT2D eigenvalue weighted by atomic mass is 10.1. The first-order chi connectivity index (χ1) is 9.67. The summed E-state index contributed by atoms with van der Waals surface area (Å²) in [5.74, 6) is 0.988. The lowest BCUT2D eigenvalue weighted by Gasteiger charge is -2.18. The van der Waals surface area contributed by atoms with Crippen molar-refractivity contribution in [3.63, 3.8) is 0 Å². The highest BCUT2D eigenvalue weighted by molar-refractivity contribution is 7.98. The lowest BCUT2D eigenvalue weighted by Crippen LogP contribution is -2.21. The number of benzene rings is 1. The summed E-state index contributed by atoms with van der Waals surface area (Å²) in [5.41, 5.74) is 1.60. The van der Waals surface area contributed by atoms with E-state index in [1.165, 1.54) is 6.07 Å². The van der Waals surface area contributed by atoms with Gasteiger partial charge in [-0.05, 0) is 30.9 Å². The third kappa shape index (κ3) is 3.01. The third-order valence-electron chi connectivity index (χ3n) is 3.16. The maximum absolute atomic E-state index is 11.1. The number of pyridine rings is 1. The molecule has 106 valence electrons. The molecule has 0 fully saturated rings. The van der Waals surface area contributed by atoms with Crippen LogP contribution in [-0.4, -0.2) is 28.0 Å². The zero-order chi connectivity index (χ0) is 14.5. The number of thioether (sulfide) groups is 1. The highest BCUT2D eigenvalue weighted by atomic mass is 32.2. The van der Waals surface area contributed by atoms with E-state index in [9.17, 15) is 10.1 Å². The first-order valence-corrected chi connectivity index (χ1v) is 7.84. The molecule has 0 aliphatic carbocycles. The van der Waals surface area contributed by atoms with Crippen molar-refractivity contribution in [2.24, 2.45) is 0 Å². The van der Waals surface area contributed by atoms with Gasteiger partial charge in [-0.15, -0.1) is 0 Å². The number of nitro benzene ring substituents is 1. The van der Waals surface area contributed by atoms with Crippen LogP contribution in [0.25, 0.3) is 10.9 Å². The Labute approximate surface area is 121 Å².